The summed E-state index contributed by atoms with van der Waals surface area (Å²) in [6.45, 7) is 2.23. The van der Waals surface area contributed by atoms with Crippen molar-refractivity contribution in [3.8, 4) is 0 Å². The second-order valence-corrected chi connectivity index (χ2v) is 8.59. The lowest BCUT2D eigenvalue weighted by atomic mass is 9.83. The standard InChI is InChI=1S/C27H27N3O4/c1-19(22-13-8-14-23(17-22)30(33)34)28-27(32)24-15-16-25(31)29(18-20-9-4-2-5-10-20)26(24)21-11-6-3-7-12-21/h2-14,17,19,24,26H,15-16,18H2,1H3,(H,28,32). The van der Waals surface area contributed by atoms with Crippen LogP contribution in [0.1, 0.15) is 48.5 Å². The summed E-state index contributed by atoms with van der Waals surface area (Å²) in [7, 11) is 0. The maximum Gasteiger partial charge on any atom is 0.269 e. The molecule has 0 aliphatic carbocycles. The summed E-state index contributed by atoms with van der Waals surface area (Å²) in [6.07, 6.45) is 0.733. The molecule has 7 nitrogen and oxygen atoms in total. The molecule has 34 heavy (non-hydrogen) atoms. The van der Waals surface area contributed by atoms with Crippen molar-refractivity contribution in [1.82, 2.24) is 10.2 Å². The Morgan fingerprint density at radius 1 is 1.06 bits per heavy atom. The monoisotopic (exact) mass is 457 g/mol. The van der Waals surface area contributed by atoms with Gasteiger partial charge < -0.3 is 10.2 Å². The average Bonchev–Trinajstić information content (AvgIpc) is 2.86. The first-order chi connectivity index (χ1) is 16.4. The van der Waals surface area contributed by atoms with Crippen LogP contribution in [0.2, 0.25) is 0 Å². The largest absolute Gasteiger partial charge is 0.349 e. The third kappa shape index (κ3) is 5.14. The number of nitro groups is 1. The number of hydrogen-bond donors (Lipinski definition) is 1. The molecule has 7 heteroatoms. The molecule has 1 heterocycles. The van der Waals surface area contributed by atoms with Crippen molar-refractivity contribution in [3.63, 3.8) is 0 Å². The quantitative estimate of drug-likeness (QED) is 0.401. The van der Waals surface area contributed by atoms with Gasteiger partial charge in [-0.3, -0.25) is 19.7 Å². The predicted octanol–water partition coefficient (Wildman–Crippen LogP) is 4.95. The molecular formula is C27H27N3O4. The van der Waals surface area contributed by atoms with Gasteiger partial charge in [0.15, 0.2) is 0 Å². The zero-order valence-corrected chi connectivity index (χ0v) is 19.0. The van der Waals surface area contributed by atoms with Crippen LogP contribution in [0.25, 0.3) is 0 Å². The summed E-state index contributed by atoms with van der Waals surface area (Å²) < 4.78 is 0. The number of amides is 2. The van der Waals surface area contributed by atoms with Crippen LogP contribution >= 0.6 is 0 Å². The number of hydrogen-bond acceptors (Lipinski definition) is 4. The number of piperidine rings is 1. The molecule has 3 aromatic rings. The van der Waals surface area contributed by atoms with E-state index in [1.165, 1.54) is 12.1 Å². The minimum absolute atomic E-state index is 0.0157. The van der Waals surface area contributed by atoms with Crippen LogP contribution in [-0.2, 0) is 16.1 Å². The van der Waals surface area contributed by atoms with E-state index in [1.54, 1.807) is 17.0 Å². The second kappa shape index (κ2) is 10.3. The van der Waals surface area contributed by atoms with Gasteiger partial charge in [0.25, 0.3) is 5.69 Å². The molecule has 3 atom stereocenters. The second-order valence-electron chi connectivity index (χ2n) is 8.59. The van der Waals surface area contributed by atoms with Gasteiger partial charge in [-0.1, -0.05) is 72.8 Å². The summed E-state index contributed by atoms with van der Waals surface area (Å²) in [5.74, 6) is -0.586. The maximum absolute atomic E-state index is 13.5. The smallest absolute Gasteiger partial charge is 0.269 e. The molecule has 1 aliphatic rings. The maximum atomic E-state index is 13.5. The molecule has 4 rings (SSSR count). The van der Waals surface area contributed by atoms with Crippen LogP contribution in [0, 0.1) is 16.0 Å². The van der Waals surface area contributed by atoms with Crippen LogP contribution in [0.4, 0.5) is 5.69 Å². The first kappa shape index (κ1) is 23.2. The normalized spacial score (nSPS) is 18.9. The molecule has 3 unspecified atom stereocenters. The number of nitrogens with zero attached hydrogens (tertiary/aromatic N) is 2. The molecule has 1 N–H and O–H groups in total. The number of rotatable bonds is 7. The molecule has 1 aliphatic heterocycles. The Morgan fingerprint density at radius 2 is 1.74 bits per heavy atom. The molecule has 174 valence electrons. The van der Waals surface area contributed by atoms with E-state index in [9.17, 15) is 19.7 Å². The molecule has 0 radical (unpaired) electrons. The van der Waals surface area contributed by atoms with Crippen molar-refractivity contribution in [2.24, 2.45) is 5.92 Å². The Kier molecular flexibility index (Phi) is 7.01. The fourth-order valence-corrected chi connectivity index (χ4v) is 4.57. The lowest BCUT2D eigenvalue weighted by Crippen LogP contribution is -2.48. The number of benzene rings is 3. The Morgan fingerprint density at radius 3 is 2.41 bits per heavy atom. The Hall–Kier alpha value is -4.00. The van der Waals surface area contributed by atoms with Gasteiger partial charge in [0, 0.05) is 25.1 Å². The topological polar surface area (TPSA) is 92.6 Å². The van der Waals surface area contributed by atoms with Gasteiger partial charge >= 0.3 is 0 Å². The van der Waals surface area contributed by atoms with E-state index in [0.717, 1.165) is 11.1 Å². The molecule has 0 spiro atoms. The number of nitro benzene ring substituents is 1. The van der Waals surface area contributed by atoms with Crippen LogP contribution in [0.5, 0.6) is 0 Å². The average molecular weight is 458 g/mol. The van der Waals surface area contributed by atoms with Gasteiger partial charge in [0.05, 0.1) is 22.9 Å². The Bertz CT molecular complexity index is 1170. The lowest BCUT2D eigenvalue weighted by molar-refractivity contribution is -0.384. The van der Waals surface area contributed by atoms with E-state index >= 15 is 0 Å². The number of likely N-dealkylation sites (tertiary alicyclic amines) is 1. The number of carbonyl (C=O) groups is 2. The Balaban J connectivity index is 1.61. The first-order valence-electron chi connectivity index (χ1n) is 11.4. The number of carbonyl (C=O) groups excluding carboxylic acids is 2. The highest BCUT2D eigenvalue weighted by Crippen LogP contribution is 2.38. The van der Waals surface area contributed by atoms with Crippen LogP contribution < -0.4 is 5.32 Å². The van der Waals surface area contributed by atoms with Gasteiger partial charge in [-0.15, -0.1) is 0 Å². The molecule has 0 saturated carbocycles. The fraction of sp³-hybridized carbons (Fsp3) is 0.259. The first-order valence-corrected chi connectivity index (χ1v) is 11.4. The minimum atomic E-state index is -0.447. The molecule has 3 aromatic carbocycles. The van der Waals surface area contributed by atoms with Gasteiger partial charge in [0.1, 0.15) is 0 Å². The van der Waals surface area contributed by atoms with Crippen molar-refractivity contribution < 1.29 is 14.5 Å². The van der Waals surface area contributed by atoms with Gasteiger partial charge in [-0.25, -0.2) is 0 Å². The summed E-state index contributed by atoms with van der Waals surface area (Å²) in [4.78, 5) is 39.0. The summed E-state index contributed by atoms with van der Waals surface area (Å²) in [6, 6.07) is 24.9. The summed E-state index contributed by atoms with van der Waals surface area (Å²) in [5.41, 5.74) is 2.56. The summed E-state index contributed by atoms with van der Waals surface area (Å²) in [5, 5.41) is 14.2. The van der Waals surface area contributed by atoms with Gasteiger partial charge in [-0.05, 0) is 30.0 Å². The number of nitrogens with one attached hydrogen (secondary N) is 1. The van der Waals surface area contributed by atoms with Crippen LogP contribution in [0.15, 0.2) is 84.9 Å². The summed E-state index contributed by atoms with van der Waals surface area (Å²) >= 11 is 0. The Labute approximate surface area is 198 Å². The van der Waals surface area contributed by atoms with E-state index < -0.39 is 22.9 Å². The highest BCUT2D eigenvalue weighted by molar-refractivity contribution is 5.85. The third-order valence-electron chi connectivity index (χ3n) is 6.32. The molecule has 0 bridgehead atoms. The van der Waals surface area contributed by atoms with Crippen molar-refractivity contribution in [2.45, 2.75) is 38.4 Å². The number of non-ortho nitro benzene ring substituents is 1. The third-order valence-corrected chi connectivity index (χ3v) is 6.32. The van der Waals surface area contributed by atoms with E-state index in [2.05, 4.69) is 5.32 Å². The molecule has 1 saturated heterocycles. The highest BCUT2D eigenvalue weighted by atomic mass is 16.6. The zero-order valence-electron chi connectivity index (χ0n) is 19.0. The molecule has 2 amide bonds. The molecule has 0 aromatic heterocycles. The highest BCUT2D eigenvalue weighted by Gasteiger charge is 2.40. The predicted molar refractivity (Wildman–Crippen MR) is 129 cm³/mol. The van der Waals surface area contributed by atoms with E-state index in [-0.39, 0.29) is 17.5 Å². The van der Waals surface area contributed by atoms with Crippen molar-refractivity contribution in [1.29, 1.82) is 0 Å². The molecule has 1 fully saturated rings. The van der Waals surface area contributed by atoms with E-state index in [1.807, 2.05) is 67.6 Å². The van der Waals surface area contributed by atoms with Crippen LogP contribution in [-0.4, -0.2) is 21.6 Å². The lowest BCUT2D eigenvalue weighted by Gasteiger charge is -2.41. The molecular weight excluding hydrogens is 430 g/mol. The SMILES string of the molecule is CC(NC(=O)C1CCC(=O)N(Cc2ccccc2)C1c1ccccc1)c1cccc([N+](=O)[O-])c1. The van der Waals surface area contributed by atoms with Crippen molar-refractivity contribution in [2.75, 3.05) is 0 Å². The van der Waals surface area contributed by atoms with E-state index in [4.69, 9.17) is 0 Å². The zero-order chi connectivity index (χ0) is 24.1. The van der Waals surface area contributed by atoms with Crippen molar-refractivity contribution in [3.05, 3.63) is 112 Å². The fourth-order valence-electron chi connectivity index (χ4n) is 4.57. The van der Waals surface area contributed by atoms with E-state index in [0.29, 0.717) is 24.9 Å². The van der Waals surface area contributed by atoms with Gasteiger partial charge in [-0.2, -0.15) is 0 Å². The van der Waals surface area contributed by atoms with Gasteiger partial charge in [0.2, 0.25) is 11.8 Å². The van der Waals surface area contributed by atoms with Crippen molar-refractivity contribution >= 4 is 17.5 Å². The van der Waals surface area contributed by atoms with Crippen LogP contribution in [0.3, 0.4) is 0 Å². The minimum Gasteiger partial charge on any atom is -0.349 e.